The Morgan fingerprint density at radius 2 is 1.63 bits per heavy atom. The van der Waals surface area contributed by atoms with Crippen LogP contribution in [0.15, 0.2) is 0 Å². The zero-order valence-electron chi connectivity index (χ0n) is 13.1. The quantitative estimate of drug-likeness (QED) is 0.501. The Morgan fingerprint density at radius 1 is 1.05 bits per heavy atom. The van der Waals surface area contributed by atoms with Crippen molar-refractivity contribution in [1.82, 2.24) is 9.80 Å². The molecular formula is C15H30N2O2. The largest absolute Gasteiger partial charge is 0.464 e. The van der Waals surface area contributed by atoms with Crippen molar-refractivity contribution >= 4 is 5.97 Å². The van der Waals surface area contributed by atoms with E-state index in [4.69, 9.17) is 4.74 Å². The van der Waals surface area contributed by atoms with Crippen molar-refractivity contribution in [2.24, 2.45) is 0 Å². The van der Waals surface area contributed by atoms with Gasteiger partial charge in [0.25, 0.3) is 0 Å². The Hall–Kier alpha value is -0.610. The molecular weight excluding hydrogens is 240 g/mol. The SMILES string of the molecule is CCCCCC1(C(=O)OCC)N(CC)CCN1CC. The number of hydrogen-bond donors (Lipinski definition) is 0. The molecule has 0 radical (unpaired) electrons. The Morgan fingerprint density at radius 3 is 2.05 bits per heavy atom. The predicted molar refractivity (Wildman–Crippen MR) is 78.0 cm³/mol. The van der Waals surface area contributed by atoms with Gasteiger partial charge in [-0.05, 0) is 32.9 Å². The van der Waals surface area contributed by atoms with Crippen LogP contribution in [-0.2, 0) is 9.53 Å². The first kappa shape index (κ1) is 16.4. The highest BCUT2D eigenvalue weighted by Gasteiger charge is 2.52. The molecule has 0 aliphatic carbocycles. The second-order valence-electron chi connectivity index (χ2n) is 5.15. The standard InChI is InChI=1S/C15H30N2O2/c1-5-9-10-11-15(14(18)19-8-4)16(6-2)12-13-17(15)7-3/h5-13H2,1-4H3. The third-order valence-corrected chi connectivity index (χ3v) is 4.18. The Bertz CT molecular complexity index is 269. The normalized spacial score (nSPS) is 19.8. The highest BCUT2D eigenvalue weighted by atomic mass is 16.5. The summed E-state index contributed by atoms with van der Waals surface area (Å²) in [6.07, 6.45) is 4.33. The molecule has 0 unspecified atom stereocenters. The molecule has 19 heavy (non-hydrogen) atoms. The van der Waals surface area contributed by atoms with Gasteiger partial charge in [0.1, 0.15) is 0 Å². The van der Waals surface area contributed by atoms with Crippen LogP contribution in [0.25, 0.3) is 0 Å². The van der Waals surface area contributed by atoms with E-state index in [0.717, 1.165) is 39.0 Å². The fourth-order valence-electron chi connectivity index (χ4n) is 3.20. The second-order valence-corrected chi connectivity index (χ2v) is 5.15. The lowest BCUT2D eigenvalue weighted by molar-refractivity contribution is -0.167. The van der Waals surface area contributed by atoms with Gasteiger partial charge >= 0.3 is 5.97 Å². The van der Waals surface area contributed by atoms with Crippen molar-refractivity contribution in [3.63, 3.8) is 0 Å². The molecule has 1 aliphatic heterocycles. The molecule has 0 aromatic rings. The number of unbranched alkanes of at least 4 members (excludes halogenated alkanes) is 2. The summed E-state index contributed by atoms with van der Waals surface area (Å²) in [6.45, 7) is 12.6. The first-order valence-corrected chi connectivity index (χ1v) is 7.84. The van der Waals surface area contributed by atoms with Gasteiger partial charge in [-0.25, -0.2) is 4.79 Å². The monoisotopic (exact) mass is 270 g/mol. The molecule has 112 valence electrons. The van der Waals surface area contributed by atoms with Gasteiger partial charge in [-0.1, -0.05) is 33.6 Å². The summed E-state index contributed by atoms with van der Waals surface area (Å²) in [5, 5.41) is 0. The van der Waals surface area contributed by atoms with Gasteiger partial charge in [-0.15, -0.1) is 0 Å². The van der Waals surface area contributed by atoms with Gasteiger partial charge in [-0.3, -0.25) is 9.80 Å². The van der Waals surface area contributed by atoms with Crippen LogP contribution in [0.2, 0.25) is 0 Å². The molecule has 4 heteroatoms. The molecule has 4 nitrogen and oxygen atoms in total. The third kappa shape index (κ3) is 3.29. The second kappa shape index (κ2) is 7.85. The van der Waals surface area contributed by atoms with E-state index in [-0.39, 0.29) is 5.97 Å². The van der Waals surface area contributed by atoms with E-state index in [1.807, 2.05) is 6.92 Å². The lowest BCUT2D eigenvalue weighted by Gasteiger charge is -2.41. The molecule has 0 amide bonds. The molecule has 1 saturated heterocycles. The number of nitrogens with zero attached hydrogens (tertiary/aromatic N) is 2. The van der Waals surface area contributed by atoms with E-state index >= 15 is 0 Å². The number of likely N-dealkylation sites (N-methyl/N-ethyl adjacent to an activating group) is 2. The Balaban J connectivity index is 2.95. The van der Waals surface area contributed by atoms with Gasteiger partial charge in [-0.2, -0.15) is 0 Å². The van der Waals surface area contributed by atoms with Crippen LogP contribution in [0.3, 0.4) is 0 Å². The van der Waals surface area contributed by atoms with Crippen LogP contribution in [0.5, 0.6) is 0 Å². The average molecular weight is 270 g/mol. The third-order valence-electron chi connectivity index (χ3n) is 4.18. The van der Waals surface area contributed by atoms with Gasteiger partial charge in [0.05, 0.1) is 6.61 Å². The lowest BCUT2D eigenvalue weighted by atomic mass is 9.99. The summed E-state index contributed by atoms with van der Waals surface area (Å²) in [6, 6.07) is 0. The summed E-state index contributed by atoms with van der Waals surface area (Å²) < 4.78 is 5.40. The van der Waals surface area contributed by atoms with Crippen LogP contribution in [0.1, 0.15) is 53.4 Å². The Kier molecular flexibility index (Phi) is 6.80. The average Bonchev–Trinajstić information content (AvgIpc) is 2.78. The fraction of sp³-hybridized carbons (Fsp3) is 0.933. The van der Waals surface area contributed by atoms with Crippen LogP contribution in [0.4, 0.5) is 0 Å². The minimum Gasteiger partial charge on any atom is -0.464 e. The Labute approximate surface area is 118 Å². The van der Waals surface area contributed by atoms with E-state index in [9.17, 15) is 4.79 Å². The summed E-state index contributed by atoms with van der Waals surface area (Å²) >= 11 is 0. The molecule has 1 rings (SSSR count). The highest BCUT2D eigenvalue weighted by molar-refractivity contribution is 5.80. The maximum atomic E-state index is 12.6. The topological polar surface area (TPSA) is 32.8 Å². The first-order valence-electron chi connectivity index (χ1n) is 7.84. The van der Waals surface area contributed by atoms with Crippen LogP contribution >= 0.6 is 0 Å². The van der Waals surface area contributed by atoms with Crippen molar-refractivity contribution in [3.8, 4) is 0 Å². The number of carbonyl (C=O) groups excluding carboxylic acids is 1. The number of esters is 1. The van der Waals surface area contributed by atoms with E-state index in [1.165, 1.54) is 12.8 Å². The molecule has 1 aliphatic rings. The van der Waals surface area contributed by atoms with Crippen LogP contribution in [-0.4, -0.2) is 54.2 Å². The van der Waals surface area contributed by atoms with Crippen molar-refractivity contribution < 1.29 is 9.53 Å². The number of rotatable bonds is 8. The summed E-state index contributed by atoms with van der Waals surface area (Å²) in [7, 11) is 0. The first-order chi connectivity index (χ1) is 9.17. The molecule has 0 aromatic carbocycles. The highest BCUT2D eigenvalue weighted by Crippen LogP contribution is 2.33. The maximum absolute atomic E-state index is 12.6. The minimum atomic E-state index is -0.505. The summed E-state index contributed by atoms with van der Waals surface area (Å²) in [4.78, 5) is 17.2. The molecule has 0 atom stereocenters. The van der Waals surface area contributed by atoms with Gasteiger partial charge in [0.2, 0.25) is 0 Å². The van der Waals surface area contributed by atoms with Gasteiger partial charge in [0, 0.05) is 13.1 Å². The van der Waals surface area contributed by atoms with Gasteiger partial charge in [0.15, 0.2) is 5.66 Å². The molecule has 0 saturated carbocycles. The van der Waals surface area contributed by atoms with Gasteiger partial charge < -0.3 is 4.74 Å². The van der Waals surface area contributed by atoms with Crippen LogP contribution in [0, 0.1) is 0 Å². The lowest BCUT2D eigenvalue weighted by Crippen LogP contribution is -2.60. The molecule has 0 aromatic heterocycles. The van der Waals surface area contributed by atoms with Crippen LogP contribution < -0.4 is 0 Å². The number of carbonyl (C=O) groups is 1. The summed E-state index contributed by atoms with van der Waals surface area (Å²) in [5.74, 6) is -0.0488. The van der Waals surface area contributed by atoms with E-state index < -0.39 is 5.66 Å². The molecule has 0 spiro atoms. The zero-order valence-corrected chi connectivity index (χ0v) is 13.1. The smallest absolute Gasteiger partial charge is 0.341 e. The van der Waals surface area contributed by atoms with Crippen molar-refractivity contribution in [1.29, 1.82) is 0 Å². The fourth-order valence-corrected chi connectivity index (χ4v) is 3.20. The number of hydrogen-bond acceptors (Lipinski definition) is 4. The molecule has 0 bridgehead atoms. The van der Waals surface area contributed by atoms with Crippen molar-refractivity contribution in [3.05, 3.63) is 0 Å². The molecule has 0 N–H and O–H groups in total. The van der Waals surface area contributed by atoms with E-state index in [2.05, 4.69) is 30.6 Å². The molecule has 1 fully saturated rings. The van der Waals surface area contributed by atoms with E-state index in [0.29, 0.717) is 6.61 Å². The zero-order chi connectivity index (χ0) is 14.3. The predicted octanol–water partition coefficient (Wildman–Crippen LogP) is 2.48. The maximum Gasteiger partial charge on any atom is 0.341 e. The van der Waals surface area contributed by atoms with Crippen molar-refractivity contribution in [2.75, 3.05) is 32.8 Å². The van der Waals surface area contributed by atoms with Crippen molar-refractivity contribution in [2.45, 2.75) is 59.0 Å². The number of ether oxygens (including phenoxy) is 1. The minimum absolute atomic E-state index is 0.0488. The van der Waals surface area contributed by atoms with E-state index in [1.54, 1.807) is 0 Å². The summed E-state index contributed by atoms with van der Waals surface area (Å²) in [5.41, 5.74) is -0.505. The molecule has 1 heterocycles.